The molecule has 20 heavy (non-hydrogen) atoms. The van der Waals surface area contributed by atoms with E-state index < -0.39 is 0 Å². The molecule has 0 radical (unpaired) electrons. The molecule has 0 saturated carbocycles. The second-order valence-electron chi connectivity index (χ2n) is 4.91. The Balaban J connectivity index is 2.32. The molecule has 2 aromatic carbocycles. The Morgan fingerprint density at radius 1 is 1.10 bits per heavy atom. The highest BCUT2D eigenvalue weighted by Crippen LogP contribution is 2.27. The molecule has 0 aliphatic carbocycles. The second kappa shape index (κ2) is 7.39. The van der Waals surface area contributed by atoms with Crippen LogP contribution in [0, 0.1) is 6.92 Å². The summed E-state index contributed by atoms with van der Waals surface area (Å²) in [5.41, 5.74) is 4.01. The van der Waals surface area contributed by atoms with E-state index in [1.54, 1.807) is 0 Å². The van der Waals surface area contributed by atoms with Gasteiger partial charge in [-0.15, -0.1) is 0 Å². The first-order chi connectivity index (χ1) is 9.61. The molecular formula is C17H19Br2N. The van der Waals surface area contributed by atoms with Crippen LogP contribution in [0.5, 0.6) is 0 Å². The minimum absolute atomic E-state index is 0.330. The smallest absolute Gasteiger partial charge is 0.0364 e. The molecule has 0 aliphatic heterocycles. The van der Waals surface area contributed by atoms with Crippen LogP contribution >= 0.6 is 31.9 Å². The van der Waals surface area contributed by atoms with E-state index in [-0.39, 0.29) is 0 Å². The summed E-state index contributed by atoms with van der Waals surface area (Å²) in [6.07, 6.45) is 0.979. The highest BCUT2D eigenvalue weighted by Gasteiger charge is 2.15. The fourth-order valence-corrected chi connectivity index (χ4v) is 3.23. The molecule has 0 heterocycles. The maximum Gasteiger partial charge on any atom is 0.0364 e. The van der Waals surface area contributed by atoms with Crippen molar-refractivity contribution in [2.45, 2.75) is 26.3 Å². The van der Waals surface area contributed by atoms with Gasteiger partial charge in [-0.1, -0.05) is 63.0 Å². The lowest BCUT2D eigenvalue weighted by Gasteiger charge is -2.21. The van der Waals surface area contributed by atoms with E-state index >= 15 is 0 Å². The van der Waals surface area contributed by atoms with E-state index in [0.29, 0.717) is 6.04 Å². The highest BCUT2D eigenvalue weighted by molar-refractivity contribution is 9.10. The molecule has 1 unspecified atom stereocenters. The van der Waals surface area contributed by atoms with Crippen LogP contribution in [-0.2, 0) is 6.42 Å². The van der Waals surface area contributed by atoms with Gasteiger partial charge in [0.15, 0.2) is 0 Å². The molecule has 106 valence electrons. The van der Waals surface area contributed by atoms with Crippen molar-refractivity contribution in [3.63, 3.8) is 0 Å². The molecule has 3 heteroatoms. The molecule has 0 fully saturated rings. The fourth-order valence-electron chi connectivity index (χ4n) is 2.41. The molecule has 1 nitrogen and oxygen atoms in total. The monoisotopic (exact) mass is 395 g/mol. The zero-order valence-corrected chi connectivity index (χ0v) is 15.0. The maximum absolute atomic E-state index is 3.64. The zero-order valence-electron chi connectivity index (χ0n) is 11.8. The number of hydrogen-bond acceptors (Lipinski definition) is 1. The largest absolute Gasteiger partial charge is 0.310 e. The Bertz CT molecular complexity index is 581. The van der Waals surface area contributed by atoms with E-state index in [1.807, 2.05) is 0 Å². The normalized spacial score (nSPS) is 12.4. The Kier molecular flexibility index (Phi) is 5.82. The molecule has 0 saturated heterocycles. The second-order valence-corrected chi connectivity index (χ2v) is 6.68. The van der Waals surface area contributed by atoms with Crippen molar-refractivity contribution in [2.24, 2.45) is 0 Å². The van der Waals surface area contributed by atoms with Gasteiger partial charge in [-0.25, -0.2) is 0 Å². The van der Waals surface area contributed by atoms with E-state index in [1.165, 1.54) is 21.2 Å². The van der Waals surface area contributed by atoms with Gasteiger partial charge in [0.25, 0.3) is 0 Å². The lowest BCUT2D eigenvalue weighted by atomic mass is 9.95. The molecule has 0 bridgehead atoms. The van der Waals surface area contributed by atoms with E-state index in [2.05, 4.69) is 93.5 Å². The number of aryl methyl sites for hydroxylation is 1. The van der Waals surface area contributed by atoms with Crippen LogP contribution < -0.4 is 5.32 Å². The quantitative estimate of drug-likeness (QED) is 0.711. The Labute approximate surface area is 138 Å². The first-order valence-electron chi connectivity index (χ1n) is 6.84. The third-order valence-electron chi connectivity index (χ3n) is 3.45. The van der Waals surface area contributed by atoms with E-state index in [4.69, 9.17) is 0 Å². The van der Waals surface area contributed by atoms with Crippen LogP contribution in [0.1, 0.15) is 29.7 Å². The maximum atomic E-state index is 3.64. The first kappa shape index (κ1) is 15.7. The number of nitrogens with one attached hydrogen (secondary N) is 1. The molecule has 1 N–H and O–H groups in total. The van der Waals surface area contributed by atoms with Crippen molar-refractivity contribution in [3.8, 4) is 0 Å². The van der Waals surface area contributed by atoms with E-state index in [9.17, 15) is 0 Å². The number of benzene rings is 2. The van der Waals surface area contributed by atoms with Gasteiger partial charge < -0.3 is 5.32 Å². The van der Waals surface area contributed by atoms with Crippen molar-refractivity contribution in [3.05, 3.63) is 68.1 Å². The molecular weight excluding hydrogens is 378 g/mol. The van der Waals surface area contributed by atoms with Crippen molar-refractivity contribution >= 4 is 31.9 Å². The highest BCUT2D eigenvalue weighted by atomic mass is 79.9. The minimum atomic E-state index is 0.330. The van der Waals surface area contributed by atoms with Gasteiger partial charge in [0.05, 0.1) is 0 Å². The van der Waals surface area contributed by atoms with Gasteiger partial charge in [-0.05, 0) is 54.8 Å². The van der Waals surface area contributed by atoms with Crippen LogP contribution in [0.25, 0.3) is 0 Å². The summed E-state index contributed by atoms with van der Waals surface area (Å²) in [7, 11) is 0. The SMILES string of the molecule is CCNC(Cc1ccccc1Br)c1cc(Br)ccc1C. The van der Waals surface area contributed by atoms with Crippen LogP contribution in [0.3, 0.4) is 0 Å². The summed E-state index contributed by atoms with van der Waals surface area (Å²) in [6, 6.07) is 15.3. The number of halogens is 2. The lowest BCUT2D eigenvalue weighted by Crippen LogP contribution is -2.24. The van der Waals surface area contributed by atoms with E-state index in [0.717, 1.165) is 17.4 Å². The minimum Gasteiger partial charge on any atom is -0.310 e. The van der Waals surface area contributed by atoms with Crippen LogP contribution in [0.4, 0.5) is 0 Å². The lowest BCUT2D eigenvalue weighted by molar-refractivity contribution is 0.546. The van der Waals surface area contributed by atoms with Crippen LogP contribution in [-0.4, -0.2) is 6.54 Å². The Hall–Kier alpha value is -0.640. The Morgan fingerprint density at radius 2 is 1.85 bits per heavy atom. The van der Waals surface area contributed by atoms with Gasteiger partial charge in [0.2, 0.25) is 0 Å². The summed E-state index contributed by atoms with van der Waals surface area (Å²) in [5, 5.41) is 3.60. The fraction of sp³-hybridized carbons (Fsp3) is 0.294. The van der Waals surface area contributed by atoms with Crippen LogP contribution in [0.15, 0.2) is 51.4 Å². The topological polar surface area (TPSA) is 12.0 Å². The third-order valence-corrected chi connectivity index (χ3v) is 4.72. The van der Waals surface area contributed by atoms with Crippen molar-refractivity contribution in [1.29, 1.82) is 0 Å². The summed E-state index contributed by atoms with van der Waals surface area (Å²) in [5.74, 6) is 0. The first-order valence-corrected chi connectivity index (χ1v) is 8.43. The number of rotatable bonds is 5. The average Bonchev–Trinajstić information content (AvgIpc) is 2.43. The molecule has 0 aromatic heterocycles. The number of hydrogen-bond donors (Lipinski definition) is 1. The van der Waals surface area contributed by atoms with Gasteiger partial charge in [-0.3, -0.25) is 0 Å². The summed E-state index contributed by atoms with van der Waals surface area (Å²) in [6.45, 7) is 5.29. The molecule has 0 amide bonds. The predicted octanol–water partition coefficient (Wildman–Crippen LogP) is 5.41. The van der Waals surface area contributed by atoms with Gasteiger partial charge in [-0.2, -0.15) is 0 Å². The summed E-state index contributed by atoms with van der Waals surface area (Å²) < 4.78 is 2.31. The van der Waals surface area contributed by atoms with Gasteiger partial charge in [0.1, 0.15) is 0 Å². The van der Waals surface area contributed by atoms with Gasteiger partial charge >= 0.3 is 0 Å². The molecule has 2 rings (SSSR count). The van der Waals surface area contributed by atoms with Crippen molar-refractivity contribution in [1.82, 2.24) is 5.32 Å². The molecule has 2 aromatic rings. The molecule has 1 atom stereocenters. The van der Waals surface area contributed by atoms with Crippen molar-refractivity contribution in [2.75, 3.05) is 6.54 Å². The average molecular weight is 397 g/mol. The number of likely N-dealkylation sites (N-methyl/N-ethyl adjacent to an activating group) is 1. The third kappa shape index (κ3) is 3.94. The van der Waals surface area contributed by atoms with Crippen molar-refractivity contribution < 1.29 is 0 Å². The molecule has 0 aliphatic rings. The molecule has 0 spiro atoms. The standard InChI is InChI=1S/C17H19Br2N/c1-3-20-17(10-13-6-4-5-7-16(13)19)15-11-14(18)9-8-12(15)2/h4-9,11,17,20H,3,10H2,1-2H3. The Morgan fingerprint density at radius 3 is 2.55 bits per heavy atom. The van der Waals surface area contributed by atoms with Crippen LogP contribution in [0.2, 0.25) is 0 Å². The predicted molar refractivity (Wildman–Crippen MR) is 93.1 cm³/mol. The summed E-state index contributed by atoms with van der Waals surface area (Å²) in [4.78, 5) is 0. The zero-order chi connectivity index (χ0) is 14.5. The summed E-state index contributed by atoms with van der Waals surface area (Å²) >= 11 is 7.22. The van der Waals surface area contributed by atoms with Gasteiger partial charge in [0, 0.05) is 15.0 Å².